The van der Waals surface area contributed by atoms with E-state index in [1.54, 1.807) is 6.07 Å². The summed E-state index contributed by atoms with van der Waals surface area (Å²) >= 11 is 0. The van der Waals surface area contributed by atoms with Gasteiger partial charge in [0.2, 0.25) is 5.91 Å². The maximum Gasteiger partial charge on any atom is 0.416 e. The lowest BCUT2D eigenvalue weighted by atomic mass is 10.1. The summed E-state index contributed by atoms with van der Waals surface area (Å²) in [6.45, 7) is 1.69. The Morgan fingerprint density at radius 1 is 1.03 bits per heavy atom. The van der Waals surface area contributed by atoms with Gasteiger partial charge in [0.15, 0.2) is 0 Å². The van der Waals surface area contributed by atoms with E-state index in [-0.39, 0.29) is 12.3 Å². The Morgan fingerprint density at radius 2 is 1.77 bits per heavy atom. The molecule has 0 aliphatic rings. The molecule has 1 heterocycles. The van der Waals surface area contributed by atoms with Crippen LogP contribution >= 0.6 is 0 Å². The molecule has 0 aliphatic heterocycles. The largest absolute Gasteiger partial charge is 0.416 e. The van der Waals surface area contributed by atoms with Crippen LogP contribution in [0.2, 0.25) is 0 Å². The van der Waals surface area contributed by atoms with Crippen molar-refractivity contribution in [3.8, 4) is 0 Å². The minimum atomic E-state index is -4.36. The van der Waals surface area contributed by atoms with E-state index >= 15 is 0 Å². The molecule has 0 bridgehead atoms. The molecule has 0 atom stereocenters. The average molecular weight is 430 g/mol. The minimum Gasteiger partial charge on any atom is -0.369 e. The second-order valence-corrected chi connectivity index (χ2v) is 7.58. The van der Waals surface area contributed by atoms with E-state index in [9.17, 15) is 18.0 Å². The number of amides is 1. The molecular weight excluding hydrogens is 405 g/mol. The Hall–Kier alpha value is -3.13. The number of rotatable bonds is 8. The molecule has 164 valence electrons. The van der Waals surface area contributed by atoms with Gasteiger partial charge in [-0.15, -0.1) is 0 Å². The lowest BCUT2D eigenvalue weighted by Crippen LogP contribution is -2.21. The third-order valence-corrected chi connectivity index (χ3v) is 4.76. The summed E-state index contributed by atoms with van der Waals surface area (Å²) < 4.78 is 37.9. The predicted molar refractivity (Wildman–Crippen MR) is 117 cm³/mol. The predicted octanol–water partition coefficient (Wildman–Crippen LogP) is 4.80. The molecule has 0 radical (unpaired) electrons. The van der Waals surface area contributed by atoms with Crippen LogP contribution < -0.4 is 10.6 Å². The zero-order chi connectivity index (χ0) is 22.4. The van der Waals surface area contributed by atoms with Crippen molar-refractivity contribution in [2.24, 2.45) is 0 Å². The highest BCUT2D eigenvalue weighted by Crippen LogP contribution is 2.29. The summed E-state index contributed by atoms with van der Waals surface area (Å²) in [4.78, 5) is 18.9. The second kappa shape index (κ2) is 9.78. The number of alkyl halides is 3. The van der Waals surface area contributed by atoms with Gasteiger partial charge in [-0.1, -0.05) is 12.1 Å². The van der Waals surface area contributed by atoms with Gasteiger partial charge in [-0.05, 0) is 68.5 Å². The Morgan fingerprint density at radius 3 is 2.45 bits per heavy atom. The highest BCUT2D eigenvalue weighted by molar-refractivity contribution is 5.94. The van der Waals surface area contributed by atoms with E-state index in [1.165, 1.54) is 12.1 Å². The second-order valence-electron chi connectivity index (χ2n) is 7.58. The molecule has 2 aromatic carbocycles. The maximum absolute atomic E-state index is 12.6. The van der Waals surface area contributed by atoms with Gasteiger partial charge in [-0.25, -0.2) is 4.98 Å². The number of halogens is 3. The van der Waals surface area contributed by atoms with Crippen LogP contribution in [0.5, 0.6) is 0 Å². The first kappa shape index (κ1) is 22.6. The number of carbonyl (C=O) groups excluding carboxylic acids is 1. The first-order chi connectivity index (χ1) is 14.7. The number of hydrogen-bond donors (Lipinski definition) is 2. The molecule has 8 heteroatoms. The Balaban J connectivity index is 1.55. The smallest absolute Gasteiger partial charge is 0.369 e. The molecule has 1 amide bonds. The van der Waals surface area contributed by atoms with Crippen molar-refractivity contribution in [2.45, 2.75) is 19.0 Å². The minimum absolute atomic E-state index is 0.177. The van der Waals surface area contributed by atoms with Gasteiger partial charge in [-0.3, -0.25) is 4.79 Å². The molecule has 0 aliphatic carbocycles. The van der Waals surface area contributed by atoms with E-state index in [4.69, 9.17) is 0 Å². The van der Waals surface area contributed by atoms with Gasteiger partial charge < -0.3 is 15.5 Å². The number of likely N-dealkylation sites (N-methyl/N-ethyl adjacent to an activating group) is 1. The molecule has 0 unspecified atom stereocenters. The standard InChI is InChI=1S/C23H25F3N4O/c1-30(2)14-13-27-21-11-6-17-15-19(9-10-20(17)29-21)28-22(31)12-5-16-3-7-18(8-4-16)23(24,25)26/h3-4,6-11,15H,5,12-14H2,1-2H3,(H,27,29)(H,28,31). The Kier molecular flexibility index (Phi) is 7.12. The summed E-state index contributed by atoms with van der Waals surface area (Å²) in [6, 6.07) is 14.2. The van der Waals surface area contributed by atoms with E-state index in [0.29, 0.717) is 17.7 Å². The molecular formula is C23H25F3N4O. The Bertz CT molecular complexity index is 1030. The van der Waals surface area contributed by atoms with Gasteiger partial charge in [0.05, 0.1) is 11.1 Å². The number of anilines is 2. The quantitative estimate of drug-likeness (QED) is 0.539. The van der Waals surface area contributed by atoms with Crippen LogP contribution in [0.15, 0.2) is 54.6 Å². The van der Waals surface area contributed by atoms with E-state index < -0.39 is 11.7 Å². The molecule has 2 N–H and O–H groups in total. The van der Waals surface area contributed by atoms with Crippen LogP contribution in [0.3, 0.4) is 0 Å². The van der Waals surface area contributed by atoms with E-state index in [2.05, 4.69) is 20.5 Å². The molecule has 0 spiro atoms. The Labute approximate surface area is 179 Å². The SMILES string of the molecule is CN(C)CCNc1ccc2cc(NC(=O)CCc3ccc(C(F)(F)F)cc3)ccc2n1. The van der Waals surface area contributed by atoms with Crippen LogP contribution in [-0.4, -0.2) is 43.0 Å². The summed E-state index contributed by atoms with van der Waals surface area (Å²) in [7, 11) is 4.02. The number of pyridine rings is 1. The van der Waals surface area contributed by atoms with Gasteiger partial charge in [0.25, 0.3) is 0 Å². The lowest BCUT2D eigenvalue weighted by molar-refractivity contribution is -0.137. The molecule has 3 rings (SSSR count). The van der Waals surface area contributed by atoms with Crippen LogP contribution in [-0.2, 0) is 17.4 Å². The van der Waals surface area contributed by atoms with Gasteiger partial charge in [0, 0.05) is 30.6 Å². The number of benzene rings is 2. The third kappa shape index (κ3) is 6.68. The summed E-state index contributed by atoms with van der Waals surface area (Å²) in [5.74, 6) is 0.594. The van der Waals surface area contributed by atoms with Gasteiger partial charge in [-0.2, -0.15) is 13.2 Å². The normalized spacial score (nSPS) is 11.7. The number of aromatic nitrogens is 1. The van der Waals surface area contributed by atoms with Crippen molar-refractivity contribution in [1.82, 2.24) is 9.88 Å². The molecule has 3 aromatic rings. The summed E-state index contributed by atoms with van der Waals surface area (Å²) in [5, 5.41) is 7.01. The van der Waals surface area contributed by atoms with Crippen molar-refractivity contribution in [3.63, 3.8) is 0 Å². The lowest BCUT2D eigenvalue weighted by Gasteiger charge is -2.11. The highest BCUT2D eigenvalue weighted by atomic mass is 19.4. The number of aryl methyl sites for hydroxylation is 1. The van der Waals surface area contributed by atoms with E-state index in [1.807, 2.05) is 38.4 Å². The fourth-order valence-electron chi connectivity index (χ4n) is 3.05. The number of nitrogens with one attached hydrogen (secondary N) is 2. The number of fused-ring (bicyclic) bond motifs is 1. The van der Waals surface area contributed by atoms with Crippen molar-refractivity contribution in [2.75, 3.05) is 37.8 Å². The topological polar surface area (TPSA) is 57.3 Å². The fourth-order valence-corrected chi connectivity index (χ4v) is 3.05. The monoisotopic (exact) mass is 430 g/mol. The molecule has 1 aromatic heterocycles. The van der Waals surface area contributed by atoms with Crippen LogP contribution in [0, 0.1) is 0 Å². The third-order valence-electron chi connectivity index (χ3n) is 4.76. The molecule has 5 nitrogen and oxygen atoms in total. The number of hydrogen-bond acceptors (Lipinski definition) is 4. The fraction of sp³-hybridized carbons (Fsp3) is 0.304. The number of carbonyl (C=O) groups is 1. The zero-order valence-corrected chi connectivity index (χ0v) is 17.5. The molecule has 31 heavy (non-hydrogen) atoms. The van der Waals surface area contributed by atoms with Crippen LogP contribution in [0.25, 0.3) is 10.9 Å². The molecule has 0 saturated carbocycles. The maximum atomic E-state index is 12.6. The van der Waals surface area contributed by atoms with Crippen LogP contribution in [0.4, 0.5) is 24.7 Å². The van der Waals surface area contributed by atoms with Gasteiger partial charge >= 0.3 is 6.18 Å². The van der Waals surface area contributed by atoms with Gasteiger partial charge in [0.1, 0.15) is 5.82 Å². The van der Waals surface area contributed by atoms with Crippen molar-refractivity contribution in [1.29, 1.82) is 0 Å². The average Bonchev–Trinajstić information content (AvgIpc) is 2.72. The van der Waals surface area contributed by atoms with Crippen molar-refractivity contribution >= 4 is 28.3 Å². The van der Waals surface area contributed by atoms with E-state index in [0.717, 1.165) is 41.9 Å². The van der Waals surface area contributed by atoms with Crippen molar-refractivity contribution in [3.05, 3.63) is 65.7 Å². The zero-order valence-electron chi connectivity index (χ0n) is 17.5. The summed E-state index contributed by atoms with van der Waals surface area (Å²) in [5.41, 5.74) is 1.46. The first-order valence-electron chi connectivity index (χ1n) is 9.96. The first-order valence-corrected chi connectivity index (χ1v) is 9.96. The van der Waals surface area contributed by atoms with Crippen molar-refractivity contribution < 1.29 is 18.0 Å². The highest BCUT2D eigenvalue weighted by Gasteiger charge is 2.29. The number of nitrogens with zero attached hydrogens (tertiary/aromatic N) is 2. The molecule has 0 fully saturated rings. The van der Waals surface area contributed by atoms with Crippen LogP contribution in [0.1, 0.15) is 17.5 Å². The molecule has 0 saturated heterocycles. The summed E-state index contributed by atoms with van der Waals surface area (Å²) in [6.07, 6.45) is -3.82.